The third kappa shape index (κ3) is 7.46. The summed E-state index contributed by atoms with van der Waals surface area (Å²) in [5.41, 5.74) is 17.5. The molecule has 49 heavy (non-hydrogen) atoms. The topological polar surface area (TPSA) is 166 Å². The summed E-state index contributed by atoms with van der Waals surface area (Å²) in [5, 5.41) is 11.3. The summed E-state index contributed by atoms with van der Waals surface area (Å²) in [5.74, 6) is 3.09. The fraction of sp³-hybridized carbons (Fsp3) is 0.417. The third-order valence-corrected chi connectivity index (χ3v) is 8.13. The van der Waals surface area contributed by atoms with Crippen LogP contribution in [0.5, 0.6) is 0 Å². The monoisotopic (exact) mass is 668 g/mol. The Labute approximate surface area is 286 Å². The normalized spacial score (nSPS) is 11.6. The molecule has 0 aliphatic rings. The van der Waals surface area contributed by atoms with Crippen LogP contribution >= 0.6 is 0 Å². The summed E-state index contributed by atoms with van der Waals surface area (Å²) >= 11 is 0. The highest BCUT2D eigenvalue weighted by molar-refractivity contribution is 6.08. The fourth-order valence-corrected chi connectivity index (χ4v) is 6.03. The number of aliphatic hydroxyl groups excluding tert-OH is 1. The Bertz CT molecular complexity index is 2080. The van der Waals surface area contributed by atoms with Crippen molar-refractivity contribution in [3.63, 3.8) is 0 Å². The molecule has 6 rings (SSSR count). The van der Waals surface area contributed by atoms with Crippen LogP contribution in [0.15, 0.2) is 48.5 Å². The van der Waals surface area contributed by atoms with Crippen LogP contribution in [0, 0.1) is 11.8 Å². The van der Waals surface area contributed by atoms with E-state index in [1.54, 1.807) is 0 Å². The smallest absolute Gasteiger partial charge is 0.302 e. The molecule has 4 heterocycles. The Hall–Kier alpha value is -5.17. The van der Waals surface area contributed by atoms with E-state index in [0.717, 1.165) is 63.3 Å². The molecule has 260 valence electrons. The number of nitrogens with zero attached hydrogens (tertiary/aromatic N) is 8. The zero-order valence-corrected chi connectivity index (χ0v) is 29.5. The maximum Gasteiger partial charge on any atom is 0.302 e. The average Bonchev–Trinajstić information content (AvgIpc) is 3.61. The minimum atomic E-state index is -0.284. The van der Waals surface area contributed by atoms with E-state index in [1.807, 2.05) is 66.4 Å². The maximum atomic E-state index is 11.0. The standard InChI is InChI=1S/C19H25N5O2.C17H23N5O/c1-12(2)11-24-17-14-7-5-6-8-15(14)21-18(20)16(17)22-19(24)23(4)9-10-26-13(3)25;1-11(2)10-22-15-12-6-4-5-7-13(12)19-16(18)14(15)20-17(22)21(3)8-9-23/h5-8,12H,9-11H2,1-4H3,(H2,20,21);4-7,11,23H,8-10H2,1-3H3,(H2,18,19). The number of ether oxygens (including phenoxy) is 1. The summed E-state index contributed by atoms with van der Waals surface area (Å²) in [6.07, 6.45) is 0. The number of imidazole rings is 2. The maximum absolute atomic E-state index is 11.0. The molecule has 0 aliphatic heterocycles. The van der Waals surface area contributed by atoms with E-state index < -0.39 is 0 Å². The number of hydrogen-bond acceptors (Lipinski definition) is 11. The van der Waals surface area contributed by atoms with Crippen LogP contribution in [0.3, 0.4) is 0 Å². The molecular weight excluding hydrogens is 620 g/mol. The number of pyridine rings is 2. The summed E-state index contributed by atoms with van der Waals surface area (Å²) in [4.78, 5) is 33.4. The van der Waals surface area contributed by atoms with Crippen molar-refractivity contribution in [3.8, 4) is 0 Å². The molecule has 0 amide bonds. The molecule has 0 atom stereocenters. The zero-order valence-electron chi connectivity index (χ0n) is 29.5. The number of aromatic nitrogens is 6. The second-order valence-electron chi connectivity index (χ2n) is 13.2. The molecule has 13 heteroatoms. The number of para-hydroxylation sites is 2. The minimum absolute atomic E-state index is 0.0792. The molecule has 0 saturated carbocycles. The van der Waals surface area contributed by atoms with Crippen LogP contribution in [-0.2, 0) is 22.6 Å². The van der Waals surface area contributed by atoms with Gasteiger partial charge < -0.3 is 40.2 Å². The summed E-state index contributed by atoms with van der Waals surface area (Å²) in [6.45, 7) is 13.2. The van der Waals surface area contributed by atoms with Crippen LogP contribution in [0.1, 0.15) is 34.6 Å². The molecule has 0 radical (unpaired) electrons. The number of fused-ring (bicyclic) bond motifs is 6. The summed E-state index contributed by atoms with van der Waals surface area (Å²) in [6, 6.07) is 15.9. The van der Waals surface area contributed by atoms with Crippen LogP contribution in [0.25, 0.3) is 43.9 Å². The van der Waals surface area contributed by atoms with Crippen LogP contribution in [0.2, 0.25) is 0 Å². The number of nitrogen functional groups attached to an aromatic ring is 2. The first-order valence-corrected chi connectivity index (χ1v) is 16.7. The number of carbonyl (C=O) groups is 1. The fourth-order valence-electron chi connectivity index (χ4n) is 6.03. The molecular formula is C36H48N10O3. The van der Waals surface area contributed by atoms with Crippen molar-refractivity contribution in [2.75, 3.05) is 61.7 Å². The van der Waals surface area contributed by atoms with E-state index in [4.69, 9.17) is 26.2 Å². The van der Waals surface area contributed by atoms with Crippen molar-refractivity contribution in [1.82, 2.24) is 29.1 Å². The first kappa shape index (κ1) is 35.1. The number of likely N-dealkylation sites (N-methyl/N-ethyl adjacent to an activating group) is 2. The molecule has 0 fully saturated rings. The number of benzene rings is 2. The zero-order chi connectivity index (χ0) is 35.4. The molecule has 0 spiro atoms. The quantitative estimate of drug-likeness (QED) is 0.158. The molecule has 0 unspecified atom stereocenters. The third-order valence-electron chi connectivity index (χ3n) is 8.13. The molecule has 2 aromatic carbocycles. The number of carbonyl (C=O) groups excluding carboxylic acids is 1. The molecule has 0 aliphatic carbocycles. The Morgan fingerprint density at radius 1 is 0.755 bits per heavy atom. The summed E-state index contributed by atoms with van der Waals surface area (Å²) < 4.78 is 9.45. The molecule has 5 N–H and O–H groups in total. The second-order valence-corrected chi connectivity index (χ2v) is 13.2. The van der Waals surface area contributed by atoms with Crippen molar-refractivity contribution in [2.24, 2.45) is 11.8 Å². The number of rotatable bonds is 11. The SMILES string of the molecule is CC(=O)OCCN(C)c1nc2c(N)nc3ccccc3c2n1CC(C)C.CC(C)Cn1c(N(C)CCO)nc2c(N)nc3ccccc3c21. The molecule has 13 nitrogen and oxygen atoms in total. The largest absolute Gasteiger partial charge is 0.464 e. The summed E-state index contributed by atoms with van der Waals surface area (Å²) in [7, 11) is 3.87. The van der Waals surface area contributed by atoms with Gasteiger partial charge in [-0.25, -0.2) is 19.9 Å². The first-order chi connectivity index (χ1) is 23.4. The van der Waals surface area contributed by atoms with Crippen molar-refractivity contribution >= 4 is 73.4 Å². The van der Waals surface area contributed by atoms with E-state index in [1.165, 1.54) is 6.92 Å². The van der Waals surface area contributed by atoms with Gasteiger partial charge in [-0.15, -0.1) is 0 Å². The highest BCUT2D eigenvalue weighted by atomic mass is 16.5. The van der Waals surface area contributed by atoms with Crippen molar-refractivity contribution in [3.05, 3.63) is 48.5 Å². The Morgan fingerprint density at radius 2 is 1.18 bits per heavy atom. The van der Waals surface area contributed by atoms with Gasteiger partial charge in [0.05, 0.1) is 35.2 Å². The van der Waals surface area contributed by atoms with E-state index in [9.17, 15) is 9.90 Å². The van der Waals surface area contributed by atoms with Crippen LogP contribution in [-0.4, -0.2) is 80.5 Å². The van der Waals surface area contributed by atoms with Gasteiger partial charge in [0.1, 0.15) is 17.6 Å². The van der Waals surface area contributed by atoms with Crippen molar-refractivity contribution < 1.29 is 14.6 Å². The van der Waals surface area contributed by atoms with Gasteiger partial charge in [0.2, 0.25) is 11.9 Å². The number of hydrogen-bond donors (Lipinski definition) is 3. The van der Waals surface area contributed by atoms with Crippen molar-refractivity contribution in [1.29, 1.82) is 0 Å². The Balaban J connectivity index is 0.000000192. The lowest BCUT2D eigenvalue weighted by Crippen LogP contribution is -2.27. The van der Waals surface area contributed by atoms with E-state index in [-0.39, 0.29) is 12.6 Å². The lowest BCUT2D eigenvalue weighted by molar-refractivity contribution is -0.140. The van der Waals surface area contributed by atoms with Gasteiger partial charge in [-0.1, -0.05) is 64.1 Å². The van der Waals surface area contributed by atoms with Gasteiger partial charge in [0.15, 0.2) is 11.6 Å². The number of aliphatic hydroxyl groups is 1. The lowest BCUT2D eigenvalue weighted by Gasteiger charge is -2.21. The molecule has 0 saturated heterocycles. The van der Waals surface area contributed by atoms with Gasteiger partial charge in [0.25, 0.3) is 0 Å². The van der Waals surface area contributed by atoms with E-state index >= 15 is 0 Å². The van der Waals surface area contributed by atoms with E-state index in [2.05, 4.69) is 52.9 Å². The Morgan fingerprint density at radius 3 is 1.59 bits per heavy atom. The average molecular weight is 669 g/mol. The van der Waals surface area contributed by atoms with Crippen LogP contribution in [0.4, 0.5) is 23.5 Å². The first-order valence-electron chi connectivity index (χ1n) is 16.7. The highest BCUT2D eigenvalue weighted by Crippen LogP contribution is 2.33. The molecule has 4 aromatic heterocycles. The van der Waals surface area contributed by atoms with Gasteiger partial charge in [-0.3, -0.25) is 4.79 Å². The highest BCUT2D eigenvalue weighted by Gasteiger charge is 2.21. The second kappa shape index (κ2) is 14.9. The number of anilines is 4. The van der Waals surface area contributed by atoms with Crippen LogP contribution < -0.4 is 21.3 Å². The lowest BCUT2D eigenvalue weighted by atomic mass is 10.1. The predicted octanol–water partition coefficient (Wildman–Crippen LogP) is 5.07. The number of nitrogens with two attached hydrogens (primary N) is 2. The van der Waals surface area contributed by atoms with E-state index in [0.29, 0.717) is 48.7 Å². The Kier molecular flexibility index (Phi) is 10.7. The van der Waals surface area contributed by atoms with Gasteiger partial charge in [0, 0.05) is 51.4 Å². The minimum Gasteiger partial charge on any atom is -0.464 e. The molecule has 6 aromatic rings. The van der Waals surface area contributed by atoms with Gasteiger partial charge in [-0.05, 0) is 24.0 Å². The van der Waals surface area contributed by atoms with Gasteiger partial charge >= 0.3 is 5.97 Å². The molecule has 0 bridgehead atoms. The predicted molar refractivity (Wildman–Crippen MR) is 199 cm³/mol. The van der Waals surface area contributed by atoms with Gasteiger partial charge in [-0.2, -0.15) is 0 Å². The number of esters is 1. The van der Waals surface area contributed by atoms with Crippen molar-refractivity contribution in [2.45, 2.75) is 47.7 Å².